The summed E-state index contributed by atoms with van der Waals surface area (Å²) in [4.78, 5) is 26.4. The number of hydrogen-bond acceptors (Lipinski definition) is 6. The maximum Gasteiger partial charge on any atom is 0.250 e. The molecule has 1 saturated heterocycles. The molecular formula is C14H20N4O2S2. The molecule has 0 unspecified atom stereocenters. The van der Waals surface area contributed by atoms with Crippen molar-refractivity contribution in [3.8, 4) is 0 Å². The van der Waals surface area contributed by atoms with E-state index in [2.05, 4.69) is 15.5 Å². The van der Waals surface area contributed by atoms with Crippen LogP contribution in [0.5, 0.6) is 0 Å². The predicted octanol–water partition coefficient (Wildman–Crippen LogP) is 2.30. The highest BCUT2D eigenvalue weighted by atomic mass is 32.2. The van der Waals surface area contributed by atoms with Gasteiger partial charge in [-0.1, -0.05) is 31.3 Å². The predicted molar refractivity (Wildman–Crippen MR) is 89.9 cm³/mol. The van der Waals surface area contributed by atoms with Crippen LogP contribution in [-0.2, 0) is 16.0 Å². The summed E-state index contributed by atoms with van der Waals surface area (Å²) in [6.45, 7) is 5.77. The van der Waals surface area contributed by atoms with E-state index in [1.807, 2.05) is 19.9 Å². The molecule has 1 aliphatic rings. The number of rotatable bonds is 5. The number of hydrogen-bond donors (Lipinski definition) is 1. The van der Waals surface area contributed by atoms with E-state index >= 15 is 0 Å². The van der Waals surface area contributed by atoms with Gasteiger partial charge in [-0.15, -0.1) is 22.0 Å². The molecule has 2 rings (SSSR count). The molecule has 2 heterocycles. The zero-order chi connectivity index (χ0) is 16.1. The molecule has 0 aliphatic carbocycles. The standard InChI is InChI=1S/C14H20N4O2S2/c1-4-6-9(3)13(20)18-8-21-7-10(18)12(19)15-14-17-16-11(5-2)22-14/h6,10H,4-5,7-8H2,1-3H3,(H,15,17,19)/b9-6-/t10-/m1/s1. The SMILES string of the molecule is CC/C=C(/C)C(=O)N1CSC[C@@H]1C(=O)Nc1nnc(CC)s1. The average molecular weight is 340 g/mol. The Balaban J connectivity index is 2.04. The number of anilines is 1. The Labute approximate surface area is 138 Å². The van der Waals surface area contributed by atoms with Crippen LogP contribution in [0, 0.1) is 0 Å². The highest BCUT2D eigenvalue weighted by Crippen LogP contribution is 2.25. The van der Waals surface area contributed by atoms with E-state index in [9.17, 15) is 9.59 Å². The van der Waals surface area contributed by atoms with Crippen LogP contribution in [0.4, 0.5) is 5.13 Å². The van der Waals surface area contributed by atoms with Gasteiger partial charge in [0.1, 0.15) is 11.0 Å². The molecule has 8 heteroatoms. The summed E-state index contributed by atoms with van der Waals surface area (Å²) in [7, 11) is 0. The Morgan fingerprint density at radius 2 is 2.18 bits per heavy atom. The van der Waals surface area contributed by atoms with Gasteiger partial charge in [-0.05, 0) is 19.8 Å². The van der Waals surface area contributed by atoms with Gasteiger partial charge in [-0.3, -0.25) is 14.9 Å². The van der Waals surface area contributed by atoms with Gasteiger partial charge in [0.15, 0.2) is 0 Å². The van der Waals surface area contributed by atoms with E-state index in [0.717, 1.165) is 17.8 Å². The number of aryl methyl sites for hydroxylation is 1. The Bertz CT molecular complexity index is 585. The van der Waals surface area contributed by atoms with Crippen LogP contribution in [0.15, 0.2) is 11.6 Å². The highest BCUT2D eigenvalue weighted by Gasteiger charge is 2.35. The molecule has 1 aromatic rings. The lowest BCUT2D eigenvalue weighted by Gasteiger charge is -2.22. The molecule has 1 fully saturated rings. The summed E-state index contributed by atoms with van der Waals surface area (Å²) >= 11 is 2.96. The maximum absolute atomic E-state index is 12.4. The van der Waals surface area contributed by atoms with Gasteiger partial charge in [0.2, 0.25) is 11.0 Å². The van der Waals surface area contributed by atoms with Gasteiger partial charge in [0, 0.05) is 11.3 Å². The number of carbonyl (C=O) groups excluding carboxylic acids is 2. The number of aromatic nitrogens is 2. The normalized spacial score (nSPS) is 18.6. The Kier molecular flexibility index (Phi) is 5.96. The summed E-state index contributed by atoms with van der Waals surface area (Å²) in [5, 5.41) is 12.1. The fourth-order valence-electron chi connectivity index (χ4n) is 2.12. The summed E-state index contributed by atoms with van der Waals surface area (Å²) in [6.07, 6.45) is 3.48. The zero-order valence-electron chi connectivity index (χ0n) is 13.0. The summed E-state index contributed by atoms with van der Waals surface area (Å²) < 4.78 is 0. The lowest BCUT2D eigenvalue weighted by Crippen LogP contribution is -2.44. The number of nitrogens with one attached hydrogen (secondary N) is 1. The Morgan fingerprint density at radius 3 is 2.82 bits per heavy atom. The van der Waals surface area contributed by atoms with Crippen LogP contribution >= 0.6 is 23.1 Å². The maximum atomic E-state index is 12.4. The summed E-state index contributed by atoms with van der Waals surface area (Å²) in [6, 6.07) is -0.452. The molecule has 120 valence electrons. The fourth-order valence-corrected chi connectivity index (χ4v) is 3.95. The molecule has 1 aromatic heterocycles. The molecule has 0 radical (unpaired) electrons. The van der Waals surface area contributed by atoms with Crippen LogP contribution in [0.3, 0.4) is 0 Å². The van der Waals surface area contributed by atoms with Crippen molar-refractivity contribution >= 4 is 40.0 Å². The Morgan fingerprint density at radius 1 is 1.41 bits per heavy atom. The van der Waals surface area contributed by atoms with Gasteiger partial charge in [0.05, 0.1) is 5.88 Å². The van der Waals surface area contributed by atoms with E-state index in [0.29, 0.717) is 22.3 Å². The molecule has 2 amide bonds. The largest absolute Gasteiger partial charge is 0.317 e. The van der Waals surface area contributed by atoms with Crippen molar-refractivity contribution in [1.82, 2.24) is 15.1 Å². The van der Waals surface area contributed by atoms with Gasteiger partial charge < -0.3 is 4.90 Å². The first kappa shape index (κ1) is 17.0. The molecule has 0 bridgehead atoms. The number of thioether (sulfide) groups is 1. The van der Waals surface area contributed by atoms with Crippen molar-refractivity contribution in [2.75, 3.05) is 16.9 Å². The van der Waals surface area contributed by atoms with Gasteiger partial charge in [-0.25, -0.2) is 0 Å². The van der Waals surface area contributed by atoms with Crippen LogP contribution in [-0.4, -0.2) is 44.6 Å². The van der Waals surface area contributed by atoms with Crippen molar-refractivity contribution in [2.45, 2.75) is 39.7 Å². The van der Waals surface area contributed by atoms with E-state index < -0.39 is 6.04 Å². The third-order valence-corrected chi connectivity index (χ3v) is 5.29. The number of carbonyl (C=O) groups is 2. The molecule has 22 heavy (non-hydrogen) atoms. The van der Waals surface area contributed by atoms with E-state index in [1.54, 1.807) is 23.6 Å². The van der Waals surface area contributed by atoms with Crippen molar-refractivity contribution in [3.63, 3.8) is 0 Å². The molecule has 1 aliphatic heterocycles. The topological polar surface area (TPSA) is 75.2 Å². The zero-order valence-corrected chi connectivity index (χ0v) is 14.6. The minimum Gasteiger partial charge on any atom is -0.317 e. The molecule has 0 aromatic carbocycles. The number of nitrogens with zero attached hydrogens (tertiary/aromatic N) is 3. The lowest BCUT2D eigenvalue weighted by atomic mass is 10.2. The minimum atomic E-state index is -0.452. The number of amides is 2. The van der Waals surface area contributed by atoms with E-state index in [4.69, 9.17) is 0 Å². The highest BCUT2D eigenvalue weighted by molar-refractivity contribution is 7.99. The van der Waals surface area contributed by atoms with E-state index in [-0.39, 0.29) is 11.8 Å². The first-order valence-electron chi connectivity index (χ1n) is 7.25. The number of allylic oxidation sites excluding steroid dienone is 1. The van der Waals surface area contributed by atoms with Crippen LogP contribution in [0.25, 0.3) is 0 Å². The summed E-state index contributed by atoms with van der Waals surface area (Å²) in [5.41, 5.74) is 0.687. The molecule has 6 nitrogen and oxygen atoms in total. The minimum absolute atomic E-state index is 0.0708. The van der Waals surface area contributed by atoms with Gasteiger partial charge in [0.25, 0.3) is 5.91 Å². The lowest BCUT2D eigenvalue weighted by molar-refractivity contribution is -0.133. The second-order valence-corrected chi connectivity index (χ2v) is 6.99. The van der Waals surface area contributed by atoms with Crippen LogP contribution in [0.1, 0.15) is 32.2 Å². The molecular weight excluding hydrogens is 320 g/mol. The second kappa shape index (κ2) is 7.73. The fraction of sp³-hybridized carbons (Fsp3) is 0.571. The first-order chi connectivity index (χ1) is 10.6. The third kappa shape index (κ3) is 3.86. The van der Waals surface area contributed by atoms with Crippen molar-refractivity contribution < 1.29 is 9.59 Å². The second-order valence-electron chi connectivity index (χ2n) is 4.93. The third-order valence-electron chi connectivity index (χ3n) is 3.29. The van der Waals surface area contributed by atoms with Gasteiger partial charge >= 0.3 is 0 Å². The Hall–Kier alpha value is -1.41. The monoisotopic (exact) mass is 340 g/mol. The van der Waals surface area contributed by atoms with Crippen LogP contribution in [0.2, 0.25) is 0 Å². The van der Waals surface area contributed by atoms with E-state index in [1.165, 1.54) is 11.3 Å². The quantitative estimate of drug-likeness (QED) is 0.833. The molecule has 0 saturated carbocycles. The molecule has 1 atom stereocenters. The first-order valence-corrected chi connectivity index (χ1v) is 9.22. The smallest absolute Gasteiger partial charge is 0.250 e. The van der Waals surface area contributed by atoms with Crippen LogP contribution < -0.4 is 5.32 Å². The van der Waals surface area contributed by atoms with Gasteiger partial charge in [-0.2, -0.15) is 0 Å². The van der Waals surface area contributed by atoms with Crippen molar-refractivity contribution in [1.29, 1.82) is 0 Å². The molecule has 0 spiro atoms. The van der Waals surface area contributed by atoms with Crippen molar-refractivity contribution in [3.05, 3.63) is 16.7 Å². The van der Waals surface area contributed by atoms with Crippen molar-refractivity contribution in [2.24, 2.45) is 0 Å². The average Bonchev–Trinajstić information content (AvgIpc) is 3.15. The summed E-state index contributed by atoms with van der Waals surface area (Å²) in [5.74, 6) is 0.887. The molecule has 1 N–H and O–H groups in total.